The van der Waals surface area contributed by atoms with Crippen LogP contribution in [0.3, 0.4) is 0 Å². The van der Waals surface area contributed by atoms with E-state index in [1.54, 1.807) is 0 Å². The molecule has 7 heteroatoms. The van der Waals surface area contributed by atoms with Crippen molar-refractivity contribution in [2.24, 2.45) is 9.98 Å². The van der Waals surface area contributed by atoms with E-state index < -0.39 is 6.17 Å². The predicted octanol–water partition coefficient (Wildman–Crippen LogP) is 15.8. The molecule has 0 radical (unpaired) electrons. The molecule has 0 saturated heterocycles. The smallest absolute Gasteiger partial charge is 0.160 e. The topological polar surface area (TPSA) is 59.8 Å². The molecule has 1 aliphatic heterocycles. The number of aromatic nitrogens is 2. The van der Waals surface area contributed by atoms with Gasteiger partial charge in [-0.25, -0.2) is 9.98 Å². The number of rotatable bonds is 5. The lowest BCUT2D eigenvalue weighted by atomic mass is 10.00. The first-order valence-corrected chi connectivity index (χ1v) is 23.8. The number of hydrogen-bond acceptors (Lipinski definition) is 5. The van der Waals surface area contributed by atoms with Gasteiger partial charge in [0.2, 0.25) is 0 Å². The van der Waals surface area contributed by atoms with Gasteiger partial charge in [0.25, 0.3) is 0 Å². The maximum Gasteiger partial charge on any atom is 0.160 e. The Labute approximate surface area is 392 Å². The van der Waals surface area contributed by atoms with Crippen LogP contribution >= 0.6 is 11.3 Å². The van der Waals surface area contributed by atoms with Crippen LogP contribution in [0.25, 0.3) is 108 Å². The molecule has 318 valence electrons. The number of amidine groups is 2. The molecule has 14 aromatic rings. The Morgan fingerprint density at radius 2 is 1.09 bits per heavy atom. The minimum atomic E-state index is -0.478. The van der Waals surface area contributed by atoms with Gasteiger partial charge in [0.15, 0.2) is 5.84 Å². The maximum atomic E-state index is 6.86. The van der Waals surface area contributed by atoms with Crippen molar-refractivity contribution in [3.05, 3.63) is 229 Å². The Kier molecular flexibility index (Phi) is 7.91. The van der Waals surface area contributed by atoms with Crippen molar-refractivity contribution in [2.45, 2.75) is 6.17 Å². The molecule has 0 saturated carbocycles. The lowest BCUT2D eigenvalue weighted by Gasteiger charge is -2.25. The Balaban J connectivity index is 1.03. The summed E-state index contributed by atoms with van der Waals surface area (Å²) in [5, 5.41) is 15.5. The van der Waals surface area contributed by atoms with Crippen LogP contribution in [0.1, 0.15) is 22.9 Å². The quantitative estimate of drug-likeness (QED) is 0.187. The van der Waals surface area contributed by atoms with Crippen molar-refractivity contribution < 1.29 is 4.42 Å². The fraction of sp³-hybridized carbons (Fsp3) is 0.0164. The fourth-order valence-electron chi connectivity index (χ4n) is 11.0. The Hall–Kier alpha value is -8.78. The van der Waals surface area contributed by atoms with E-state index in [9.17, 15) is 0 Å². The van der Waals surface area contributed by atoms with Gasteiger partial charge < -0.3 is 18.9 Å². The first-order valence-electron chi connectivity index (χ1n) is 23.0. The summed E-state index contributed by atoms with van der Waals surface area (Å²) < 4.78 is 14.1. The Morgan fingerprint density at radius 3 is 1.96 bits per heavy atom. The van der Waals surface area contributed by atoms with Crippen LogP contribution in [-0.2, 0) is 0 Å². The van der Waals surface area contributed by atoms with E-state index in [1.807, 2.05) is 17.4 Å². The number of benzene rings is 10. The molecule has 15 rings (SSSR count). The molecule has 0 amide bonds. The zero-order valence-electron chi connectivity index (χ0n) is 36.4. The predicted molar refractivity (Wildman–Crippen MR) is 285 cm³/mol. The average molecular weight is 888 g/mol. The Bertz CT molecular complexity index is 4490. The third kappa shape index (κ3) is 5.45. The van der Waals surface area contributed by atoms with Crippen LogP contribution in [0.4, 0.5) is 0 Å². The minimum Gasteiger partial charge on any atom is -0.456 e. The van der Waals surface area contributed by atoms with E-state index in [0.717, 1.165) is 88.7 Å². The molecule has 1 aliphatic rings. The summed E-state index contributed by atoms with van der Waals surface area (Å²) in [4.78, 5) is 11.4. The molecule has 5 heterocycles. The normalized spacial score (nSPS) is 14.3. The van der Waals surface area contributed by atoms with E-state index in [4.69, 9.17) is 14.4 Å². The molecule has 0 aliphatic carbocycles. The van der Waals surface area contributed by atoms with Crippen molar-refractivity contribution in [1.82, 2.24) is 14.5 Å². The van der Waals surface area contributed by atoms with Gasteiger partial charge in [-0.3, -0.25) is 0 Å². The van der Waals surface area contributed by atoms with Gasteiger partial charge in [-0.2, -0.15) is 0 Å². The van der Waals surface area contributed by atoms with Crippen LogP contribution in [0, 0.1) is 0 Å². The van der Waals surface area contributed by atoms with E-state index >= 15 is 0 Å². The number of para-hydroxylation sites is 4. The monoisotopic (exact) mass is 887 g/mol. The summed E-state index contributed by atoms with van der Waals surface area (Å²) in [5.41, 5.74) is 11.2. The lowest BCUT2D eigenvalue weighted by molar-refractivity contribution is 0.668. The molecule has 10 aromatic carbocycles. The highest BCUT2D eigenvalue weighted by Gasteiger charge is 2.29. The maximum absolute atomic E-state index is 6.86. The van der Waals surface area contributed by atoms with Crippen LogP contribution in [-0.4, -0.2) is 20.8 Å². The molecule has 0 bridgehead atoms. The number of nitrogens with one attached hydrogen (secondary N) is 1. The van der Waals surface area contributed by atoms with E-state index in [1.165, 1.54) is 41.7 Å². The molecule has 1 atom stereocenters. The van der Waals surface area contributed by atoms with Gasteiger partial charge in [-0.1, -0.05) is 140 Å². The summed E-state index contributed by atoms with van der Waals surface area (Å²) >= 11 is 1.82. The van der Waals surface area contributed by atoms with Gasteiger partial charge in [0.1, 0.15) is 23.2 Å². The number of fused-ring (bicyclic) bond motifs is 13. The van der Waals surface area contributed by atoms with Gasteiger partial charge in [-0.15, -0.1) is 11.3 Å². The second-order valence-electron chi connectivity index (χ2n) is 17.7. The van der Waals surface area contributed by atoms with Crippen LogP contribution < -0.4 is 5.32 Å². The summed E-state index contributed by atoms with van der Waals surface area (Å²) in [5.74, 6) is 1.39. The highest BCUT2D eigenvalue weighted by atomic mass is 32.1. The molecule has 68 heavy (non-hydrogen) atoms. The van der Waals surface area contributed by atoms with Crippen molar-refractivity contribution in [3.8, 4) is 11.4 Å². The number of hydrogen-bond donors (Lipinski definition) is 1. The zero-order valence-corrected chi connectivity index (χ0v) is 37.2. The fourth-order valence-corrected chi connectivity index (χ4v) is 12.2. The van der Waals surface area contributed by atoms with Crippen LogP contribution in [0.5, 0.6) is 0 Å². The zero-order chi connectivity index (χ0) is 44.5. The SMILES string of the molecule is c1ccc(-n2c3ccccc3c3c(C4=NC(c5cccc6sc7ccccc7c56)NC(c5cc(-n6c7ccccc7c7cc8ccccc8cc76)cc6oc7ccccc7c56)=N4)cccc32)cc1. The first kappa shape index (κ1) is 37.4. The molecule has 1 N–H and O–H groups in total. The summed E-state index contributed by atoms with van der Waals surface area (Å²) in [7, 11) is 0. The standard InChI is InChI=1S/C61H37N5OS/c1-2-18-38(19-3-1)65-49-27-11-7-21-41(49)56-44(24-14-28-50(56)65)59-62-60(45-25-15-31-55-58(45)43-23-9-13-30-54(43)68-55)64-61(63-59)47-34-39(35-53-57(47)42-22-8-12-29-52(42)67-53)66-48-26-10-6-20-40(48)46-32-36-16-4-5-17-37(36)33-51(46)66/h1-35,60H,(H,62,63,64). The first-order chi connectivity index (χ1) is 33.7. The second kappa shape index (κ2) is 14.4. The lowest BCUT2D eigenvalue weighted by Crippen LogP contribution is -2.34. The van der Waals surface area contributed by atoms with Crippen LogP contribution in [0.2, 0.25) is 0 Å². The number of aliphatic imine (C=N–C) groups is 2. The molecule has 0 fully saturated rings. The van der Waals surface area contributed by atoms with Gasteiger partial charge in [0.05, 0.1) is 27.8 Å². The van der Waals surface area contributed by atoms with Crippen molar-refractivity contribution in [1.29, 1.82) is 0 Å². The summed E-state index contributed by atoms with van der Waals surface area (Å²) in [6.45, 7) is 0. The molecule has 4 aromatic heterocycles. The third-order valence-electron chi connectivity index (χ3n) is 13.9. The third-order valence-corrected chi connectivity index (χ3v) is 15.1. The van der Waals surface area contributed by atoms with Gasteiger partial charge >= 0.3 is 0 Å². The number of furan rings is 1. The number of thiophene rings is 1. The Morgan fingerprint density at radius 1 is 0.426 bits per heavy atom. The summed E-state index contributed by atoms with van der Waals surface area (Å²) in [6, 6.07) is 76.0. The molecule has 0 spiro atoms. The van der Waals surface area contributed by atoms with Gasteiger partial charge in [-0.05, 0) is 77.5 Å². The van der Waals surface area contributed by atoms with Crippen molar-refractivity contribution in [2.75, 3.05) is 0 Å². The summed E-state index contributed by atoms with van der Waals surface area (Å²) in [6.07, 6.45) is -0.478. The number of nitrogens with zero attached hydrogens (tertiary/aromatic N) is 4. The largest absolute Gasteiger partial charge is 0.456 e. The van der Waals surface area contributed by atoms with Crippen LogP contribution in [0.15, 0.2) is 227 Å². The van der Waals surface area contributed by atoms with E-state index in [2.05, 4.69) is 221 Å². The highest BCUT2D eigenvalue weighted by molar-refractivity contribution is 7.25. The molecular formula is C61H37N5OS. The molecule has 6 nitrogen and oxygen atoms in total. The average Bonchev–Trinajstić information content (AvgIpc) is 4.15. The highest BCUT2D eigenvalue weighted by Crippen LogP contribution is 2.43. The van der Waals surface area contributed by atoms with Gasteiger partial charge in [0, 0.05) is 80.9 Å². The second-order valence-corrected chi connectivity index (χ2v) is 18.8. The van der Waals surface area contributed by atoms with Crippen molar-refractivity contribution >= 4 is 120 Å². The molecule has 1 unspecified atom stereocenters. The van der Waals surface area contributed by atoms with Crippen molar-refractivity contribution in [3.63, 3.8) is 0 Å². The van der Waals surface area contributed by atoms with E-state index in [-0.39, 0.29) is 0 Å². The molecular weight excluding hydrogens is 851 g/mol. The van der Waals surface area contributed by atoms with E-state index in [0.29, 0.717) is 5.84 Å². The minimum absolute atomic E-state index is 0.478.